The van der Waals surface area contributed by atoms with Crippen molar-refractivity contribution in [2.24, 2.45) is 4.99 Å². The van der Waals surface area contributed by atoms with Crippen molar-refractivity contribution in [3.8, 4) is 11.9 Å². The molecular weight excluding hydrogens is 308 g/mol. The summed E-state index contributed by atoms with van der Waals surface area (Å²) in [5.41, 5.74) is 2.13. The van der Waals surface area contributed by atoms with Gasteiger partial charge in [0.25, 0.3) is 5.56 Å². The molecular formula is C17H16N4O3. The van der Waals surface area contributed by atoms with Gasteiger partial charge in [-0.05, 0) is 43.5 Å². The van der Waals surface area contributed by atoms with E-state index < -0.39 is 17.5 Å². The number of nitriles is 1. The number of carbonyl (C=O) groups is 1. The predicted octanol–water partition coefficient (Wildman–Crippen LogP) is 2.53. The van der Waals surface area contributed by atoms with Gasteiger partial charge in [0.2, 0.25) is 5.88 Å². The first kappa shape index (κ1) is 17.0. The number of anilines is 1. The van der Waals surface area contributed by atoms with Crippen molar-refractivity contribution in [1.82, 2.24) is 4.98 Å². The molecule has 2 aromatic rings. The number of aliphatic imine (C=N–C) groups is 1. The van der Waals surface area contributed by atoms with E-state index in [1.807, 2.05) is 26.0 Å². The molecule has 0 aliphatic rings. The first-order valence-corrected chi connectivity index (χ1v) is 7.12. The zero-order valence-corrected chi connectivity index (χ0v) is 13.5. The molecule has 24 heavy (non-hydrogen) atoms. The summed E-state index contributed by atoms with van der Waals surface area (Å²) in [7, 11) is 0. The minimum absolute atomic E-state index is 0.113. The van der Waals surface area contributed by atoms with Gasteiger partial charge < -0.3 is 10.4 Å². The molecule has 0 aliphatic heterocycles. The Hall–Kier alpha value is -3.40. The van der Waals surface area contributed by atoms with E-state index in [9.17, 15) is 14.7 Å². The van der Waals surface area contributed by atoms with Crippen molar-refractivity contribution in [2.45, 2.75) is 20.8 Å². The number of pyridine rings is 1. The summed E-state index contributed by atoms with van der Waals surface area (Å²) in [5.74, 6) is -0.445. The molecule has 0 aliphatic carbocycles. The monoisotopic (exact) mass is 324 g/mol. The Morgan fingerprint density at radius 1 is 1.33 bits per heavy atom. The lowest BCUT2D eigenvalue weighted by Crippen LogP contribution is -2.14. The maximum absolute atomic E-state index is 12.0. The fourth-order valence-corrected chi connectivity index (χ4v) is 2.17. The largest absolute Gasteiger partial charge is 0.494 e. The van der Waals surface area contributed by atoms with Crippen LogP contribution in [0.1, 0.15) is 27.8 Å². The highest BCUT2D eigenvalue weighted by Crippen LogP contribution is 2.19. The molecule has 2 amide bonds. The number of aromatic nitrogens is 1. The maximum Gasteiger partial charge on any atom is 0.345 e. The van der Waals surface area contributed by atoms with Crippen molar-refractivity contribution >= 4 is 17.9 Å². The second kappa shape index (κ2) is 6.79. The Kier molecular flexibility index (Phi) is 4.80. The molecule has 2 rings (SSSR count). The van der Waals surface area contributed by atoms with E-state index in [0.29, 0.717) is 5.69 Å². The smallest absolute Gasteiger partial charge is 0.345 e. The van der Waals surface area contributed by atoms with Crippen molar-refractivity contribution in [1.29, 1.82) is 5.26 Å². The molecule has 0 atom stereocenters. The predicted molar refractivity (Wildman–Crippen MR) is 90.7 cm³/mol. The zero-order chi connectivity index (χ0) is 17.9. The molecule has 0 radical (unpaired) electrons. The average Bonchev–Trinajstić information content (AvgIpc) is 2.51. The first-order chi connectivity index (χ1) is 11.3. The van der Waals surface area contributed by atoms with Crippen LogP contribution in [0.4, 0.5) is 10.5 Å². The number of aromatic amines is 1. The van der Waals surface area contributed by atoms with Gasteiger partial charge in [-0.25, -0.2) is 9.79 Å². The lowest BCUT2D eigenvalue weighted by Gasteiger charge is -2.08. The number of rotatable bonds is 2. The molecule has 0 saturated carbocycles. The second-order valence-electron chi connectivity index (χ2n) is 5.26. The maximum atomic E-state index is 12.0. The third-order valence-corrected chi connectivity index (χ3v) is 3.76. The molecule has 0 spiro atoms. The minimum Gasteiger partial charge on any atom is -0.494 e. The van der Waals surface area contributed by atoms with Gasteiger partial charge in [0.1, 0.15) is 11.6 Å². The lowest BCUT2D eigenvalue weighted by atomic mass is 10.1. The number of hydrogen-bond donors (Lipinski definition) is 3. The van der Waals surface area contributed by atoms with Crippen LogP contribution in [0.25, 0.3) is 0 Å². The van der Waals surface area contributed by atoms with Crippen LogP contribution >= 0.6 is 0 Å². The molecule has 1 heterocycles. The van der Waals surface area contributed by atoms with Gasteiger partial charge in [0, 0.05) is 11.9 Å². The summed E-state index contributed by atoms with van der Waals surface area (Å²) < 4.78 is 0. The summed E-state index contributed by atoms with van der Waals surface area (Å²) in [6.07, 6.45) is 1.11. The minimum atomic E-state index is -0.690. The SMILES string of the molecule is Cc1cccc(NC(=O)N=Cc2c(O)[nH]c(=O)c(C#N)c2C)c1C. The van der Waals surface area contributed by atoms with Crippen molar-refractivity contribution < 1.29 is 9.90 Å². The molecule has 3 N–H and O–H groups in total. The summed E-state index contributed by atoms with van der Waals surface area (Å²) in [6, 6.07) is 6.63. The summed E-state index contributed by atoms with van der Waals surface area (Å²) in [5, 5.41) is 21.4. The number of amides is 2. The van der Waals surface area contributed by atoms with Gasteiger partial charge >= 0.3 is 6.03 Å². The Bertz CT molecular complexity index is 936. The molecule has 0 unspecified atom stereocenters. The number of hydrogen-bond acceptors (Lipinski definition) is 4. The molecule has 1 aromatic heterocycles. The standard InChI is InChI=1S/C17H16N4O3/c1-9-5-4-6-14(10(9)2)20-17(24)19-8-13-11(3)12(7-18)15(22)21-16(13)23/h4-6,8H,1-3H3,(H,20,24)(H2,21,22,23). The van der Waals surface area contributed by atoms with E-state index in [1.165, 1.54) is 6.92 Å². The number of urea groups is 1. The zero-order valence-electron chi connectivity index (χ0n) is 13.5. The van der Waals surface area contributed by atoms with Crippen molar-refractivity contribution in [2.75, 3.05) is 5.32 Å². The van der Waals surface area contributed by atoms with Gasteiger partial charge in [-0.1, -0.05) is 12.1 Å². The number of nitrogens with zero attached hydrogens (tertiary/aromatic N) is 2. The van der Waals surface area contributed by atoms with Crippen LogP contribution < -0.4 is 10.9 Å². The molecule has 0 bridgehead atoms. The Balaban J connectivity index is 2.29. The van der Waals surface area contributed by atoms with Gasteiger partial charge in [0.15, 0.2) is 0 Å². The van der Waals surface area contributed by atoms with Crippen LogP contribution in [0.15, 0.2) is 28.0 Å². The van der Waals surface area contributed by atoms with Gasteiger partial charge in [-0.2, -0.15) is 5.26 Å². The molecule has 0 saturated heterocycles. The third-order valence-electron chi connectivity index (χ3n) is 3.76. The van der Waals surface area contributed by atoms with E-state index in [0.717, 1.165) is 17.3 Å². The van der Waals surface area contributed by atoms with Crippen LogP contribution in [0.5, 0.6) is 5.88 Å². The Morgan fingerprint density at radius 2 is 2.04 bits per heavy atom. The fraction of sp³-hybridized carbons (Fsp3) is 0.176. The van der Waals surface area contributed by atoms with E-state index in [2.05, 4.69) is 15.3 Å². The van der Waals surface area contributed by atoms with Gasteiger partial charge in [0.05, 0.1) is 5.56 Å². The Morgan fingerprint density at radius 3 is 2.71 bits per heavy atom. The number of aromatic hydroxyl groups is 1. The number of benzene rings is 1. The second-order valence-corrected chi connectivity index (χ2v) is 5.26. The van der Waals surface area contributed by atoms with Crippen LogP contribution in [0, 0.1) is 32.1 Å². The molecule has 7 nitrogen and oxygen atoms in total. The highest BCUT2D eigenvalue weighted by atomic mass is 16.3. The normalized spacial score (nSPS) is 10.6. The molecule has 0 fully saturated rings. The van der Waals surface area contributed by atoms with Gasteiger partial charge in [-0.3, -0.25) is 9.78 Å². The number of nitrogens with one attached hydrogen (secondary N) is 2. The van der Waals surface area contributed by atoms with E-state index in [1.54, 1.807) is 12.1 Å². The van der Waals surface area contributed by atoms with Crippen LogP contribution in [-0.2, 0) is 0 Å². The quantitative estimate of drug-likeness (QED) is 0.735. The van der Waals surface area contributed by atoms with Crippen LogP contribution in [-0.4, -0.2) is 22.3 Å². The van der Waals surface area contributed by atoms with Crippen LogP contribution in [0.2, 0.25) is 0 Å². The molecule has 122 valence electrons. The van der Waals surface area contributed by atoms with Crippen molar-refractivity contribution in [3.05, 3.63) is 56.4 Å². The van der Waals surface area contributed by atoms with Gasteiger partial charge in [-0.15, -0.1) is 0 Å². The third kappa shape index (κ3) is 3.33. The van der Waals surface area contributed by atoms with E-state index >= 15 is 0 Å². The van der Waals surface area contributed by atoms with E-state index in [-0.39, 0.29) is 16.7 Å². The van der Waals surface area contributed by atoms with Crippen LogP contribution in [0.3, 0.4) is 0 Å². The number of H-pyrrole nitrogens is 1. The lowest BCUT2D eigenvalue weighted by molar-refractivity contribution is 0.259. The van der Waals surface area contributed by atoms with E-state index in [4.69, 9.17) is 5.26 Å². The average molecular weight is 324 g/mol. The number of aryl methyl sites for hydroxylation is 1. The highest BCUT2D eigenvalue weighted by Gasteiger charge is 2.13. The molecule has 1 aromatic carbocycles. The highest BCUT2D eigenvalue weighted by molar-refractivity contribution is 5.99. The first-order valence-electron chi connectivity index (χ1n) is 7.12. The summed E-state index contributed by atoms with van der Waals surface area (Å²) in [6.45, 7) is 5.31. The van der Waals surface area contributed by atoms with Crippen molar-refractivity contribution in [3.63, 3.8) is 0 Å². The summed E-state index contributed by atoms with van der Waals surface area (Å²) >= 11 is 0. The Labute approximate surface area is 138 Å². The summed E-state index contributed by atoms with van der Waals surface area (Å²) in [4.78, 5) is 29.4. The topological polar surface area (TPSA) is 118 Å². The number of carbonyl (C=O) groups excluding carboxylic acids is 1. The fourth-order valence-electron chi connectivity index (χ4n) is 2.17. The molecule has 7 heteroatoms.